The summed E-state index contributed by atoms with van der Waals surface area (Å²) in [6, 6.07) is 0.280. The molecule has 0 aromatic carbocycles. The van der Waals surface area contributed by atoms with Gasteiger partial charge in [0.1, 0.15) is 0 Å². The Balaban J connectivity index is 1.92. The van der Waals surface area contributed by atoms with Gasteiger partial charge in [0, 0.05) is 12.6 Å². The summed E-state index contributed by atoms with van der Waals surface area (Å²) in [6.07, 6.45) is 8.11. The number of carbonyl (C=O) groups excluding carboxylic acids is 1. The Kier molecular flexibility index (Phi) is 3.10. The second-order valence-electron chi connectivity index (χ2n) is 4.64. The number of nitrogens with one attached hydrogen (secondary N) is 1. The van der Waals surface area contributed by atoms with E-state index in [-0.39, 0.29) is 17.6 Å². The van der Waals surface area contributed by atoms with Crippen LogP contribution in [0.15, 0.2) is 12.7 Å². The summed E-state index contributed by atoms with van der Waals surface area (Å²) in [5, 5.41) is 2.98. The molecule has 2 rings (SSSR count). The van der Waals surface area contributed by atoms with Gasteiger partial charge in [-0.15, -0.1) is 0 Å². The lowest BCUT2D eigenvalue weighted by Crippen LogP contribution is -2.47. The van der Waals surface area contributed by atoms with E-state index >= 15 is 0 Å². The van der Waals surface area contributed by atoms with Crippen LogP contribution in [0.3, 0.4) is 0 Å². The van der Waals surface area contributed by atoms with Gasteiger partial charge in [0.2, 0.25) is 5.91 Å². The minimum Gasteiger partial charge on any atom is -0.375 e. The van der Waals surface area contributed by atoms with Crippen molar-refractivity contribution in [3.8, 4) is 0 Å². The van der Waals surface area contributed by atoms with Crippen molar-refractivity contribution in [3.05, 3.63) is 12.7 Å². The maximum atomic E-state index is 11.2. The smallest absolute Gasteiger partial charge is 0.243 e. The minimum absolute atomic E-state index is 0.0601. The standard InChI is InChI=1S/C12H19NO2/c1-2-11(14)13-10-5-8-15-12(9-10)6-3-4-7-12/h2,10H,1,3-9H2,(H,13,14). The van der Waals surface area contributed by atoms with Crippen molar-refractivity contribution >= 4 is 5.91 Å². The molecule has 1 aliphatic carbocycles. The van der Waals surface area contributed by atoms with E-state index in [9.17, 15) is 4.79 Å². The summed E-state index contributed by atoms with van der Waals surface area (Å²) < 4.78 is 5.89. The van der Waals surface area contributed by atoms with Gasteiger partial charge in [-0.25, -0.2) is 0 Å². The molecular formula is C12H19NO2. The molecule has 15 heavy (non-hydrogen) atoms. The van der Waals surface area contributed by atoms with E-state index in [0.717, 1.165) is 32.3 Å². The molecule has 1 heterocycles. The Hall–Kier alpha value is -0.830. The third-order valence-electron chi connectivity index (χ3n) is 3.54. The first kappa shape index (κ1) is 10.7. The molecule has 84 valence electrons. The molecule has 0 bridgehead atoms. The Morgan fingerprint density at radius 3 is 2.87 bits per heavy atom. The third kappa shape index (κ3) is 2.40. The molecule has 0 aromatic rings. The second kappa shape index (κ2) is 4.35. The van der Waals surface area contributed by atoms with E-state index in [1.807, 2.05) is 0 Å². The topological polar surface area (TPSA) is 38.3 Å². The number of rotatable bonds is 2. The number of amides is 1. The van der Waals surface area contributed by atoms with Crippen molar-refractivity contribution < 1.29 is 9.53 Å². The second-order valence-corrected chi connectivity index (χ2v) is 4.64. The van der Waals surface area contributed by atoms with Gasteiger partial charge in [-0.2, -0.15) is 0 Å². The largest absolute Gasteiger partial charge is 0.375 e. The van der Waals surface area contributed by atoms with E-state index < -0.39 is 0 Å². The van der Waals surface area contributed by atoms with Gasteiger partial charge in [0.25, 0.3) is 0 Å². The van der Waals surface area contributed by atoms with Crippen molar-refractivity contribution in [3.63, 3.8) is 0 Å². The van der Waals surface area contributed by atoms with Crippen molar-refractivity contribution in [1.82, 2.24) is 5.32 Å². The van der Waals surface area contributed by atoms with Gasteiger partial charge >= 0.3 is 0 Å². The van der Waals surface area contributed by atoms with Crippen LogP contribution in [0.4, 0.5) is 0 Å². The van der Waals surface area contributed by atoms with E-state index in [1.54, 1.807) is 0 Å². The molecule has 1 saturated heterocycles. The molecular weight excluding hydrogens is 190 g/mol. The van der Waals surface area contributed by atoms with Gasteiger partial charge < -0.3 is 10.1 Å². The van der Waals surface area contributed by atoms with Crippen molar-refractivity contribution in [2.45, 2.75) is 50.2 Å². The molecule has 1 unspecified atom stereocenters. The highest BCUT2D eigenvalue weighted by Gasteiger charge is 2.39. The molecule has 3 heteroatoms. The Morgan fingerprint density at radius 2 is 2.20 bits per heavy atom. The summed E-state index contributed by atoms with van der Waals surface area (Å²) >= 11 is 0. The van der Waals surface area contributed by atoms with E-state index in [1.165, 1.54) is 18.9 Å². The van der Waals surface area contributed by atoms with E-state index in [0.29, 0.717) is 0 Å². The zero-order chi connectivity index (χ0) is 10.7. The molecule has 1 saturated carbocycles. The van der Waals surface area contributed by atoms with Gasteiger partial charge in [-0.3, -0.25) is 4.79 Å². The first-order chi connectivity index (χ1) is 7.24. The molecule has 1 spiro atoms. The Bertz CT molecular complexity index is 256. The summed E-state index contributed by atoms with van der Waals surface area (Å²) in [4.78, 5) is 11.2. The van der Waals surface area contributed by atoms with Crippen LogP contribution in [0, 0.1) is 0 Å². The predicted molar refractivity (Wildman–Crippen MR) is 58.5 cm³/mol. The lowest BCUT2D eigenvalue weighted by molar-refractivity contribution is -0.120. The van der Waals surface area contributed by atoms with E-state index in [2.05, 4.69) is 11.9 Å². The predicted octanol–water partition coefficient (Wildman–Crippen LogP) is 1.78. The fraction of sp³-hybridized carbons (Fsp3) is 0.750. The molecule has 3 nitrogen and oxygen atoms in total. The van der Waals surface area contributed by atoms with Crippen LogP contribution in [-0.2, 0) is 9.53 Å². The monoisotopic (exact) mass is 209 g/mol. The normalized spacial score (nSPS) is 28.9. The number of carbonyl (C=O) groups is 1. The van der Waals surface area contributed by atoms with Crippen molar-refractivity contribution in [2.75, 3.05) is 6.61 Å². The molecule has 1 atom stereocenters. The summed E-state index contributed by atoms with van der Waals surface area (Å²) in [7, 11) is 0. The number of ether oxygens (including phenoxy) is 1. The molecule has 1 amide bonds. The van der Waals surface area contributed by atoms with Gasteiger partial charge in [-0.1, -0.05) is 19.4 Å². The summed E-state index contributed by atoms with van der Waals surface area (Å²) in [6.45, 7) is 4.25. The highest BCUT2D eigenvalue weighted by molar-refractivity contribution is 5.87. The van der Waals surface area contributed by atoms with Gasteiger partial charge in [0.05, 0.1) is 5.60 Å². The van der Waals surface area contributed by atoms with Crippen LogP contribution < -0.4 is 5.32 Å². The first-order valence-electron chi connectivity index (χ1n) is 5.81. The molecule has 2 aliphatic rings. The molecule has 1 N–H and O–H groups in total. The van der Waals surface area contributed by atoms with Crippen LogP contribution in [0.5, 0.6) is 0 Å². The summed E-state index contributed by atoms with van der Waals surface area (Å²) in [5.41, 5.74) is 0.0807. The maximum absolute atomic E-state index is 11.2. The van der Waals surface area contributed by atoms with Gasteiger partial charge in [0.15, 0.2) is 0 Å². The maximum Gasteiger partial charge on any atom is 0.243 e. The lowest BCUT2D eigenvalue weighted by atomic mass is 9.89. The summed E-state index contributed by atoms with van der Waals surface area (Å²) in [5.74, 6) is -0.0601. The number of hydrogen-bond donors (Lipinski definition) is 1. The average molecular weight is 209 g/mol. The molecule has 0 aromatic heterocycles. The van der Waals surface area contributed by atoms with Crippen LogP contribution in [0.1, 0.15) is 38.5 Å². The van der Waals surface area contributed by atoms with E-state index in [4.69, 9.17) is 4.74 Å². The third-order valence-corrected chi connectivity index (χ3v) is 3.54. The Morgan fingerprint density at radius 1 is 1.47 bits per heavy atom. The molecule has 0 radical (unpaired) electrons. The first-order valence-corrected chi connectivity index (χ1v) is 5.81. The average Bonchev–Trinajstić information content (AvgIpc) is 2.66. The SMILES string of the molecule is C=CC(=O)NC1CCOC2(CCCC2)C1. The van der Waals surface area contributed by atoms with Crippen LogP contribution in [0.2, 0.25) is 0 Å². The van der Waals surface area contributed by atoms with Gasteiger partial charge in [-0.05, 0) is 31.8 Å². The van der Waals surface area contributed by atoms with Crippen molar-refractivity contribution in [2.24, 2.45) is 0 Å². The van der Waals surface area contributed by atoms with Crippen LogP contribution in [0.25, 0.3) is 0 Å². The van der Waals surface area contributed by atoms with Crippen molar-refractivity contribution in [1.29, 1.82) is 0 Å². The minimum atomic E-state index is -0.0601. The van der Waals surface area contributed by atoms with Crippen LogP contribution >= 0.6 is 0 Å². The van der Waals surface area contributed by atoms with Crippen LogP contribution in [-0.4, -0.2) is 24.2 Å². The molecule has 1 aliphatic heterocycles. The number of hydrogen-bond acceptors (Lipinski definition) is 2. The fourth-order valence-corrected chi connectivity index (χ4v) is 2.78. The zero-order valence-electron chi connectivity index (χ0n) is 9.13. The highest BCUT2D eigenvalue weighted by atomic mass is 16.5. The fourth-order valence-electron chi connectivity index (χ4n) is 2.78. The Labute approximate surface area is 90.9 Å². The molecule has 2 fully saturated rings. The quantitative estimate of drug-likeness (QED) is 0.704. The zero-order valence-corrected chi connectivity index (χ0v) is 9.13. The lowest BCUT2D eigenvalue weighted by Gasteiger charge is -2.38. The highest BCUT2D eigenvalue weighted by Crippen LogP contribution is 2.39.